The lowest BCUT2D eigenvalue weighted by Gasteiger charge is -2.09. The zero-order chi connectivity index (χ0) is 18.2. The molecule has 0 atom stereocenters. The average molecular weight is 364 g/mol. The van der Waals surface area contributed by atoms with E-state index in [4.69, 9.17) is 13.9 Å². The van der Waals surface area contributed by atoms with Crippen LogP contribution >= 0.6 is 11.8 Å². The second-order valence-corrected chi connectivity index (χ2v) is 5.63. The number of aromatic nitrogens is 2. The van der Waals surface area contributed by atoms with Gasteiger partial charge in [-0.05, 0) is 30.8 Å². The standard InChI is InChI=1S/C16H16N2O6S/c1-3-22-14(19)9-23-12-7-5-4-6-11(12)8-13(15(20)21)25-16-18-17-10(2)24-16/h4-8H,3,9H2,1-2H3,(H,20,21)/b13-8-. The highest BCUT2D eigenvalue weighted by Crippen LogP contribution is 2.30. The number of hydrogen-bond acceptors (Lipinski definition) is 8. The largest absolute Gasteiger partial charge is 0.481 e. The van der Waals surface area contributed by atoms with Gasteiger partial charge >= 0.3 is 11.9 Å². The number of rotatable bonds is 8. The highest BCUT2D eigenvalue weighted by Gasteiger charge is 2.15. The van der Waals surface area contributed by atoms with Crippen molar-refractivity contribution in [1.82, 2.24) is 10.2 Å². The first-order valence-corrected chi connectivity index (χ1v) is 8.11. The van der Waals surface area contributed by atoms with E-state index in [1.807, 2.05) is 0 Å². The van der Waals surface area contributed by atoms with Crippen molar-refractivity contribution in [1.29, 1.82) is 0 Å². The minimum atomic E-state index is -1.15. The number of benzene rings is 1. The number of thioether (sulfide) groups is 1. The number of para-hydroxylation sites is 1. The van der Waals surface area contributed by atoms with Gasteiger partial charge in [-0.25, -0.2) is 9.59 Å². The van der Waals surface area contributed by atoms with Crippen LogP contribution in [0.4, 0.5) is 0 Å². The number of carboxylic acid groups (broad SMARTS) is 1. The Balaban J connectivity index is 2.21. The molecule has 0 radical (unpaired) electrons. The fraction of sp³-hybridized carbons (Fsp3) is 0.250. The van der Waals surface area contributed by atoms with Crippen LogP contribution in [0, 0.1) is 6.92 Å². The molecule has 8 nitrogen and oxygen atoms in total. The Hall–Kier alpha value is -2.81. The van der Waals surface area contributed by atoms with Crippen molar-refractivity contribution in [3.8, 4) is 5.75 Å². The highest BCUT2D eigenvalue weighted by atomic mass is 32.2. The Morgan fingerprint density at radius 2 is 2.08 bits per heavy atom. The zero-order valence-electron chi connectivity index (χ0n) is 13.6. The number of carboxylic acids is 1. The van der Waals surface area contributed by atoms with Crippen LogP contribution in [-0.2, 0) is 14.3 Å². The smallest absolute Gasteiger partial charge is 0.344 e. The first kappa shape index (κ1) is 18.5. The molecule has 2 aromatic rings. The number of carbonyl (C=O) groups excluding carboxylic acids is 1. The summed E-state index contributed by atoms with van der Waals surface area (Å²) in [7, 11) is 0. The summed E-state index contributed by atoms with van der Waals surface area (Å²) in [6.45, 7) is 3.30. The number of aryl methyl sites for hydroxylation is 1. The van der Waals surface area contributed by atoms with Crippen LogP contribution in [0.25, 0.3) is 6.08 Å². The van der Waals surface area contributed by atoms with E-state index >= 15 is 0 Å². The van der Waals surface area contributed by atoms with Crippen LogP contribution in [0.1, 0.15) is 18.4 Å². The van der Waals surface area contributed by atoms with Gasteiger partial charge in [0.25, 0.3) is 5.22 Å². The number of aliphatic carboxylic acids is 1. The van der Waals surface area contributed by atoms with Gasteiger partial charge in [-0.3, -0.25) is 0 Å². The molecule has 0 amide bonds. The van der Waals surface area contributed by atoms with Gasteiger partial charge in [0.15, 0.2) is 6.61 Å². The summed E-state index contributed by atoms with van der Waals surface area (Å²) in [6.07, 6.45) is 1.41. The molecule has 1 N–H and O–H groups in total. The Kier molecular flexibility index (Phi) is 6.58. The molecule has 1 aromatic heterocycles. The molecule has 0 aliphatic heterocycles. The highest BCUT2D eigenvalue weighted by molar-refractivity contribution is 8.03. The molecule has 0 fully saturated rings. The van der Waals surface area contributed by atoms with Crippen molar-refractivity contribution in [2.24, 2.45) is 0 Å². The molecule has 0 saturated heterocycles. The predicted octanol–water partition coefficient (Wildman–Crippen LogP) is 2.54. The maximum Gasteiger partial charge on any atom is 0.344 e. The van der Waals surface area contributed by atoms with Gasteiger partial charge in [-0.15, -0.1) is 10.2 Å². The maximum atomic E-state index is 11.5. The third kappa shape index (κ3) is 5.64. The van der Waals surface area contributed by atoms with Gasteiger partial charge in [0, 0.05) is 12.5 Å². The second kappa shape index (κ2) is 8.88. The van der Waals surface area contributed by atoms with Crippen LogP contribution in [0.5, 0.6) is 5.75 Å². The van der Waals surface area contributed by atoms with E-state index in [2.05, 4.69) is 10.2 Å². The number of esters is 1. The zero-order valence-corrected chi connectivity index (χ0v) is 14.4. The molecular weight excluding hydrogens is 348 g/mol. The fourth-order valence-corrected chi connectivity index (χ4v) is 2.47. The van der Waals surface area contributed by atoms with E-state index in [-0.39, 0.29) is 23.3 Å². The first-order valence-electron chi connectivity index (χ1n) is 7.30. The lowest BCUT2D eigenvalue weighted by Crippen LogP contribution is -2.14. The Bertz CT molecular complexity index is 786. The lowest BCUT2D eigenvalue weighted by molar-refractivity contribution is -0.145. The van der Waals surface area contributed by atoms with Crippen molar-refractivity contribution in [3.63, 3.8) is 0 Å². The summed E-state index contributed by atoms with van der Waals surface area (Å²) in [4.78, 5) is 22.9. The van der Waals surface area contributed by atoms with Crippen molar-refractivity contribution in [2.45, 2.75) is 19.1 Å². The topological polar surface area (TPSA) is 112 Å². The van der Waals surface area contributed by atoms with E-state index < -0.39 is 11.9 Å². The molecule has 0 bridgehead atoms. The van der Waals surface area contributed by atoms with E-state index in [1.54, 1.807) is 38.1 Å². The monoisotopic (exact) mass is 364 g/mol. The Labute approximate surface area is 147 Å². The summed E-state index contributed by atoms with van der Waals surface area (Å²) < 4.78 is 15.4. The number of hydrogen-bond donors (Lipinski definition) is 1. The minimum Gasteiger partial charge on any atom is -0.481 e. The van der Waals surface area contributed by atoms with E-state index in [1.165, 1.54) is 6.08 Å². The van der Waals surface area contributed by atoms with Gasteiger partial charge in [-0.2, -0.15) is 0 Å². The van der Waals surface area contributed by atoms with Crippen LogP contribution < -0.4 is 4.74 Å². The van der Waals surface area contributed by atoms with Gasteiger partial charge < -0.3 is 19.0 Å². The Morgan fingerprint density at radius 3 is 2.72 bits per heavy atom. The quantitative estimate of drug-likeness (QED) is 0.429. The lowest BCUT2D eigenvalue weighted by atomic mass is 10.2. The molecule has 25 heavy (non-hydrogen) atoms. The molecule has 0 aliphatic carbocycles. The molecule has 0 saturated carbocycles. The predicted molar refractivity (Wildman–Crippen MR) is 89.1 cm³/mol. The number of nitrogens with zero attached hydrogens (tertiary/aromatic N) is 2. The maximum absolute atomic E-state index is 11.5. The van der Waals surface area contributed by atoms with Crippen molar-refractivity contribution in [2.75, 3.05) is 13.2 Å². The molecule has 0 spiro atoms. The normalized spacial score (nSPS) is 11.2. The van der Waals surface area contributed by atoms with Gasteiger partial charge in [0.2, 0.25) is 5.89 Å². The van der Waals surface area contributed by atoms with E-state index in [0.717, 1.165) is 11.8 Å². The van der Waals surface area contributed by atoms with Crippen LogP contribution in [0.2, 0.25) is 0 Å². The van der Waals surface area contributed by atoms with Crippen LogP contribution in [-0.4, -0.2) is 40.5 Å². The summed E-state index contributed by atoms with van der Waals surface area (Å²) in [5.74, 6) is -0.960. The molecule has 0 unspecified atom stereocenters. The number of carbonyl (C=O) groups is 2. The SMILES string of the molecule is CCOC(=O)COc1ccccc1/C=C(\Sc1nnc(C)o1)C(=O)O. The molecular formula is C16H16N2O6S. The second-order valence-electron chi connectivity index (χ2n) is 4.63. The Morgan fingerprint density at radius 1 is 1.32 bits per heavy atom. The average Bonchev–Trinajstić information content (AvgIpc) is 2.98. The van der Waals surface area contributed by atoms with E-state index in [9.17, 15) is 14.7 Å². The molecule has 0 aliphatic rings. The van der Waals surface area contributed by atoms with Gasteiger partial charge in [0.05, 0.1) is 6.61 Å². The third-order valence-corrected chi connectivity index (χ3v) is 3.62. The van der Waals surface area contributed by atoms with E-state index in [0.29, 0.717) is 17.2 Å². The van der Waals surface area contributed by atoms with Crippen LogP contribution in [0.15, 0.2) is 38.8 Å². The number of ether oxygens (including phenoxy) is 2. The summed E-state index contributed by atoms with van der Waals surface area (Å²) >= 11 is 0.828. The fourth-order valence-electron chi connectivity index (χ4n) is 1.76. The molecule has 1 heterocycles. The molecule has 9 heteroatoms. The van der Waals surface area contributed by atoms with Crippen molar-refractivity contribution in [3.05, 3.63) is 40.6 Å². The molecule has 132 valence electrons. The van der Waals surface area contributed by atoms with Gasteiger partial charge in [-0.1, -0.05) is 18.2 Å². The van der Waals surface area contributed by atoms with Gasteiger partial charge in [0.1, 0.15) is 10.7 Å². The van der Waals surface area contributed by atoms with Crippen LogP contribution in [0.3, 0.4) is 0 Å². The van der Waals surface area contributed by atoms with Crippen molar-refractivity contribution < 1.29 is 28.6 Å². The molecule has 1 aromatic carbocycles. The summed E-state index contributed by atoms with van der Waals surface area (Å²) in [5.41, 5.74) is 0.493. The molecule has 2 rings (SSSR count). The summed E-state index contributed by atoms with van der Waals surface area (Å²) in [5, 5.41) is 16.9. The first-order chi connectivity index (χ1) is 12.0. The third-order valence-electron chi connectivity index (χ3n) is 2.77. The summed E-state index contributed by atoms with van der Waals surface area (Å²) in [6, 6.07) is 6.74. The van der Waals surface area contributed by atoms with Crippen molar-refractivity contribution >= 4 is 29.8 Å². The minimum absolute atomic E-state index is 0.0316.